The van der Waals surface area contributed by atoms with Gasteiger partial charge in [-0.05, 0) is 25.2 Å². The second-order valence-corrected chi connectivity index (χ2v) is 6.98. The molecule has 1 unspecified atom stereocenters. The Kier molecular flexibility index (Phi) is 5.89. The molecule has 0 spiro atoms. The van der Waals surface area contributed by atoms with E-state index in [1.54, 1.807) is 0 Å². The van der Waals surface area contributed by atoms with Crippen molar-refractivity contribution in [2.75, 3.05) is 45.9 Å². The molecule has 6 heteroatoms. The Morgan fingerprint density at radius 1 is 1.00 bits per heavy atom. The average Bonchev–Trinajstić information content (AvgIpc) is 2.96. The van der Waals surface area contributed by atoms with E-state index in [-0.39, 0.29) is 17.9 Å². The highest BCUT2D eigenvalue weighted by molar-refractivity contribution is 5.81. The first kappa shape index (κ1) is 16.7. The van der Waals surface area contributed by atoms with E-state index in [0.29, 0.717) is 38.6 Å². The predicted octanol–water partition coefficient (Wildman–Crippen LogP) is 0.616. The van der Waals surface area contributed by atoms with Crippen LogP contribution in [0.15, 0.2) is 0 Å². The molecule has 3 fully saturated rings. The number of carbonyl (C=O) groups excluding carboxylic acids is 2. The zero-order valence-corrected chi connectivity index (χ0v) is 14.0. The minimum absolute atomic E-state index is 0.0716. The average molecular weight is 323 g/mol. The third-order valence-electron chi connectivity index (χ3n) is 5.30. The molecule has 1 saturated carbocycles. The summed E-state index contributed by atoms with van der Waals surface area (Å²) in [7, 11) is 0. The standard InChI is InChI=1S/C17H29N3O3/c21-16(12-14-4-1-2-5-14)19-7-3-8-20(10-9-19)17(22)15-13-18-6-11-23-15/h14-15,18H,1-13H2. The fourth-order valence-electron chi connectivity index (χ4n) is 3.91. The summed E-state index contributed by atoms with van der Waals surface area (Å²) < 4.78 is 5.56. The van der Waals surface area contributed by atoms with E-state index in [1.165, 1.54) is 25.7 Å². The topological polar surface area (TPSA) is 61.9 Å². The molecule has 2 amide bonds. The van der Waals surface area contributed by atoms with Crippen molar-refractivity contribution in [3.8, 4) is 0 Å². The van der Waals surface area contributed by atoms with E-state index in [0.717, 1.165) is 26.1 Å². The lowest BCUT2D eigenvalue weighted by atomic mass is 10.0. The molecule has 0 aromatic heterocycles. The van der Waals surface area contributed by atoms with Crippen molar-refractivity contribution in [2.45, 2.75) is 44.6 Å². The molecule has 130 valence electrons. The molecule has 2 aliphatic heterocycles. The monoisotopic (exact) mass is 323 g/mol. The van der Waals surface area contributed by atoms with Gasteiger partial charge in [-0.2, -0.15) is 0 Å². The van der Waals surface area contributed by atoms with Gasteiger partial charge in [0.25, 0.3) is 5.91 Å². The summed E-state index contributed by atoms with van der Waals surface area (Å²) in [6.45, 7) is 4.81. The van der Waals surface area contributed by atoms with E-state index in [2.05, 4.69) is 5.32 Å². The van der Waals surface area contributed by atoms with Crippen LogP contribution < -0.4 is 5.32 Å². The minimum atomic E-state index is -0.357. The van der Waals surface area contributed by atoms with Gasteiger partial charge in [0.15, 0.2) is 0 Å². The van der Waals surface area contributed by atoms with Crippen LogP contribution in [0.2, 0.25) is 0 Å². The number of hydrogen-bond acceptors (Lipinski definition) is 4. The van der Waals surface area contributed by atoms with Crippen LogP contribution in [-0.2, 0) is 14.3 Å². The summed E-state index contributed by atoms with van der Waals surface area (Å²) in [6, 6.07) is 0. The number of nitrogens with one attached hydrogen (secondary N) is 1. The van der Waals surface area contributed by atoms with Gasteiger partial charge in [-0.1, -0.05) is 12.8 Å². The normalized spacial score (nSPS) is 27.0. The van der Waals surface area contributed by atoms with Crippen LogP contribution in [0.1, 0.15) is 38.5 Å². The van der Waals surface area contributed by atoms with Crippen LogP contribution in [0, 0.1) is 5.92 Å². The van der Waals surface area contributed by atoms with E-state index in [1.807, 2.05) is 9.80 Å². The zero-order valence-electron chi connectivity index (χ0n) is 14.0. The fraction of sp³-hybridized carbons (Fsp3) is 0.882. The maximum atomic E-state index is 12.5. The molecule has 23 heavy (non-hydrogen) atoms. The Morgan fingerprint density at radius 2 is 1.74 bits per heavy atom. The lowest BCUT2D eigenvalue weighted by molar-refractivity contribution is -0.145. The van der Waals surface area contributed by atoms with Crippen molar-refractivity contribution in [2.24, 2.45) is 5.92 Å². The lowest BCUT2D eigenvalue weighted by Crippen LogP contribution is -2.50. The van der Waals surface area contributed by atoms with E-state index in [4.69, 9.17) is 4.74 Å². The number of rotatable bonds is 3. The Hall–Kier alpha value is -1.14. The van der Waals surface area contributed by atoms with E-state index < -0.39 is 0 Å². The molecular formula is C17H29N3O3. The molecule has 0 radical (unpaired) electrons. The van der Waals surface area contributed by atoms with Crippen LogP contribution in [0.4, 0.5) is 0 Å². The van der Waals surface area contributed by atoms with Gasteiger partial charge in [0.1, 0.15) is 6.10 Å². The molecule has 2 heterocycles. The number of ether oxygens (including phenoxy) is 1. The summed E-state index contributed by atoms with van der Waals surface area (Å²) in [5, 5.41) is 3.20. The Labute approximate surface area is 138 Å². The highest BCUT2D eigenvalue weighted by Gasteiger charge is 2.29. The molecule has 3 aliphatic rings. The van der Waals surface area contributed by atoms with Gasteiger partial charge < -0.3 is 19.9 Å². The van der Waals surface area contributed by atoms with Gasteiger partial charge in [0.2, 0.25) is 5.91 Å². The molecule has 0 bridgehead atoms. The molecule has 1 atom stereocenters. The van der Waals surface area contributed by atoms with Crippen molar-refractivity contribution in [3.63, 3.8) is 0 Å². The molecule has 1 N–H and O–H groups in total. The first-order valence-corrected chi connectivity index (χ1v) is 9.13. The van der Waals surface area contributed by atoms with E-state index >= 15 is 0 Å². The van der Waals surface area contributed by atoms with Gasteiger partial charge >= 0.3 is 0 Å². The summed E-state index contributed by atoms with van der Waals surface area (Å²) in [6.07, 6.45) is 6.16. The van der Waals surface area contributed by atoms with Gasteiger partial charge in [0.05, 0.1) is 6.61 Å². The third-order valence-corrected chi connectivity index (χ3v) is 5.30. The minimum Gasteiger partial charge on any atom is -0.366 e. The van der Waals surface area contributed by atoms with Crippen molar-refractivity contribution < 1.29 is 14.3 Å². The van der Waals surface area contributed by atoms with Crippen molar-refractivity contribution >= 4 is 11.8 Å². The fourth-order valence-corrected chi connectivity index (χ4v) is 3.91. The smallest absolute Gasteiger partial charge is 0.253 e. The second kappa shape index (κ2) is 8.11. The van der Waals surface area contributed by atoms with Crippen LogP contribution >= 0.6 is 0 Å². The summed E-state index contributed by atoms with van der Waals surface area (Å²) >= 11 is 0. The molecule has 0 aromatic carbocycles. The van der Waals surface area contributed by atoms with Crippen LogP contribution in [0.5, 0.6) is 0 Å². The first-order chi connectivity index (χ1) is 11.2. The summed E-state index contributed by atoms with van der Waals surface area (Å²) in [4.78, 5) is 28.8. The molecule has 0 aromatic rings. The summed E-state index contributed by atoms with van der Waals surface area (Å²) in [5.74, 6) is 0.939. The maximum Gasteiger partial charge on any atom is 0.253 e. The second-order valence-electron chi connectivity index (χ2n) is 6.98. The Balaban J connectivity index is 1.48. The first-order valence-electron chi connectivity index (χ1n) is 9.13. The van der Waals surface area contributed by atoms with Gasteiger partial charge in [-0.3, -0.25) is 9.59 Å². The Morgan fingerprint density at radius 3 is 2.48 bits per heavy atom. The molecule has 6 nitrogen and oxygen atoms in total. The van der Waals surface area contributed by atoms with Crippen molar-refractivity contribution in [3.05, 3.63) is 0 Å². The quantitative estimate of drug-likeness (QED) is 0.827. The maximum absolute atomic E-state index is 12.5. The van der Waals surface area contributed by atoms with Crippen LogP contribution in [0.3, 0.4) is 0 Å². The number of carbonyl (C=O) groups is 2. The highest BCUT2D eigenvalue weighted by atomic mass is 16.5. The number of amides is 2. The predicted molar refractivity (Wildman–Crippen MR) is 87.0 cm³/mol. The SMILES string of the molecule is O=C(CC1CCCC1)N1CCCN(C(=O)C2CNCCO2)CC1. The largest absolute Gasteiger partial charge is 0.366 e. The number of nitrogens with zero attached hydrogens (tertiary/aromatic N) is 2. The molecule has 2 saturated heterocycles. The highest BCUT2D eigenvalue weighted by Crippen LogP contribution is 2.28. The van der Waals surface area contributed by atoms with E-state index in [9.17, 15) is 9.59 Å². The number of morpholine rings is 1. The van der Waals surface area contributed by atoms with Crippen molar-refractivity contribution in [1.82, 2.24) is 15.1 Å². The Bertz CT molecular complexity index is 417. The lowest BCUT2D eigenvalue weighted by Gasteiger charge is -2.29. The van der Waals surface area contributed by atoms with Gasteiger partial charge in [-0.25, -0.2) is 0 Å². The zero-order chi connectivity index (χ0) is 16.1. The van der Waals surface area contributed by atoms with Gasteiger partial charge in [-0.15, -0.1) is 0 Å². The summed E-state index contributed by atoms with van der Waals surface area (Å²) in [5.41, 5.74) is 0. The van der Waals surface area contributed by atoms with Crippen LogP contribution in [0.25, 0.3) is 0 Å². The molecule has 1 aliphatic carbocycles. The molecule has 3 rings (SSSR count). The molecular weight excluding hydrogens is 294 g/mol. The number of hydrogen-bond donors (Lipinski definition) is 1. The van der Waals surface area contributed by atoms with Gasteiger partial charge in [0, 0.05) is 45.7 Å². The van der Waals surface area contributed by atoms with Crippen molar-refractivity contribution in [1.29, 1.82) is 0 Å². The third kappa shape index (κ3) is 4.44. The van der Waals surface area contributed by atoms with Crippen LogP contribution in [-0.4, -0.2) is 73.6 Å².